The lowest BCUT2D eigenvalue weighted by Gasteiger charge is -2.27. The lowest BCUT2D eigenvalue weighted by molar-refractivity contribution is -0.116. The number of halogens is 1. The Bertz CT molecular complexity index is 933. The molecule has 3 rings (SSSR count). The lowest BCUT2D eigenvalue weighted by atomic mass is 9.91. The molecule has 0 unspecified atom stereocenters. The number of hydrogen-bond donors (Lipinski definition) is 0. The van der Waals surface area contributed by atoms with Gasteiger partial charge >= 0.3 is 0 Å². The molecule has 0 saturated heterocycles. The highest BCUT2D eigenvalue weighted by Gasteiger charge is 2.36. The zero-order chi connectivity index (χ0) is 18.1. The summed E-state index contributed by atoms with van der Waals surface area (Å²) < 4.78 is 5.16. The van der Waals surface area contributed by atoms with Crippen molar-refractivity contribution < 1.29 is 19.1 Å². The summed E-state index contributed by atoms with van der Waals surface area (Å²) in [5.41, 5.74) is 0.697. The second-order valence-corrected chi connectivity index (χ2v) is 5.80. The maximum Gasteiger partial charge on any atom is 0.228 e. The summed E-state index contributed by atoms with van der Waals surface area (Å²) in [5.74, 6) is -0.892. The fourth-order valence-corrected chi connectivity index (χ4v) is 3.02. The van der Waals surface area contributed by atoms with Gasteiger partial charge in [0.1, 0.15) is 16.5 Å². The summed E-state index contributed by atoms with van der Waals surface area (Å²) in [5, 5.41) is -0.276. The molecule has 0 heterocycles. The monoisotopic (exact) mass is 355 g/mol. The Balaban J connectivity index is 2.20. The zero-order valence-corrected chi connectivity index (χ0v) is 14.3. The van der Waals surface area contributed by atoms with Crippen LogP contribution in [0, 0.1) is 0 Å². The van der Waals surface area contributed by atoms with Crippen molar-refractivity contribution in [2.24, 2.45) is 0 Å². The standard InChI is InChI=1S/C19H14ClNO4/c1-11(22)21(12-6-5-7-13(10-12)25-2)17-16(20)18(23)14-8-3-4-9-15(14)19(17)24/h3-10H,1-2H3. The molecule has 0 bridgehead atoms. The second-order valence-electron chi connectivity index (χ2n) is 5.42. The number of allylic oxidation sites excluding steroid dienone is 2. The van der Waals surface area contributed by atoms with E-state index in [1.165, 1.54) is 14.0 Å². The van der Waals surface area contributed by atoms with E-state index in [4.69, 9.17) is 16.3 Å². The number of methoxy groups -OCH3 is 1. The van der Waals surface area contributed by atoms with Crippen molar-refractivity contribution in [3.63, 3.8) is 0 Å². The molecule has 0 spiro atoms. The number of benzene rings is 2. The van der Waals surface area contributed by atoms with Crippen LogP contribution in [0.5, 0.6) is 5.75 Å². The van der Waals surface area contributed by atoms with Crippen LogP contribution in [0.3, 0.4) is 0 Å². The van der Waals surface area contributed by atoms with E-state index in [1.807, 2.05) is 0 Å². The Kier molecular flexibility index (Phi) is 4.42. The molecule has 25 heavy (non-hydrogen) atoms. The number of nitrogens with zero attached hydrogens (tertiary/aromatic N) is 1. The number of fused-ring (bicyclic) bond motifs is 1. The smallest absolute Gasteiger partial charge is 0.228 e. The maximum absolute atomic E-state index is 12.9. The largest absolute Gasteiger partial charge is 0.497 e. The van der Waals surface area contributed by atoms with Gasteiger partial charge in [0.25, 0.3) is 0 Å². The highest BCUT2D eigenvalue weighted by Crippen LogP contribution is 2.34. The molecular formula is C19H14ClNO4. The van der Waals surface area contributed by atoms with Crippen LogP contribution in [0.15, 0.2) is 59.3 Å². The first-order chi connectivity index (χ1) is 12.0. The molecule has 6 heteroatoms. The maximum atomic E-state index is 12.9. The minimum Gasteiger partial charge on any atom is -0.497 e. The van der Waals surface area contributed by atoms with Crippen LogP contribution in [0.1, 0.15) is 27.6 Å². The van der Waals surface area contributed by atoms with Crippen LogP contribution in [0.4, 0.5) is 5.69 Å². The predicted molar refractivity (Wildman–Crippen MR) is 94.1 cm³/mol. The highest BCUT2D eigenvalue weighted by molar-refractivity contribution is 6.50. The SMILES string of the molecule is COc1cccc(N(C(C)=O)C2=C(Cl)C(=O)c3ccccc3C2=O)c1. The van der Waals surface area contributed by atoms with Gasteiger partial charge in [0.15, 0.2) is 0 Å². The number of rotatable bonds is 3. The number of carbonyl (C=O) groups excluding carboxylic acids is 3. The quantitative estimate of drug-likeness (QED) is 0.844. The van der Waals surface area contributed by atoms with Gasteiger partial charge in [0, 0.05) is 24.1 Å². The molecule has 1 aliphatic rings. The van der Waals surface area contributed by atoms with E-state index in [0.717, 1.165) is 4.90 Å². The summed E-state index contributed by atoms with van der Waals surface area (Å²) in [6.07, 6.45) is 0. The van der Waals surface area contributed by atoms with E-state index in [-0.39, 0.29) is 21.9 Å². The molecule has 0 atom stereocenters. The average Bonchev–Trinajstić information content (AvgIpc) is 2.63. The van der Waals surface area contributed by atoms with E-state index in [0.29, 0.717) is 11.4 Å². The molecule has 0 N–H and O–H groups in total. The number of amides is 1. The van der Waals surface area contributed by atoms with Crippen LogP contribution >= 0.6 is 11.6 Å². The summed E-state index contributed by atoms with van der Waals surface area (Å²) in [7, 11) is 1.50. The molecular weight excluding hydrogens is 342 g/mol. The van der Waals surface area contributed by atoms with E-state index < -0.39 is 17.5 Å². The van der Waals surface area contributed by atoms with Gasteiger partial charge in [-0.2, -0.15) is 0 Å². The van der Waals surface area contributed by atoms with Gasteiger partial charge < -0.3 is 4.74 Å². The van der Waals surface area contributed by atoms with Crippen LogP contribution in [-0.2, 0) is 4.79 Å². The molecule has 2 aromatic rings. The summed E-state index contributed by atoms with van der Waals surface area (Å²) >= 11 is 6.20. The van der Waals surface area contributed by atoms with E-state index in [2.05, 4.69) is 0 Å². The molecule has 5 nitrogen and oxygen atoms in total. The normalized spacial score (nSPS) is 13.6. The van der Waals surface area contributed by atoms with Crippen molar-refractivity contribution >= 4 is 34.8 Å². The van der Waals surface area contributed by atoms with Gasteiger partial charge in [0.2, 0.25) is 17.5 Å². The Hall–Kier alpha value is -2.92. The summed E-state index contributed by atoms with van der Waals surface area (Å²) in [6, 6.07) is 13.0. The van der Waals surface area contributed by atoms with Gasteiger partial charge in [-0.1, -0.05) is 41.9 Å². The van der Waals surface area contributed by atoms with Gasteiger partial charge in [-0.05, 0) is 12.1 Å². The minimum absolute atomic E-state index is 0.147. The van der Waals surface area contributed by atoms with E-state index in [1.54, 1.807) is 48.5 Å². The van der Waals surface area contributed by atoms with Crippen LogP contribution in [-0.4, -0.2) is 24.6 Å². The van der Waals surface area contributed by atoms with Gasteiger partial charge in [-0.25, -0.2) is 0 Å². The van der Waals surface area contributed by atoms with Gasteiger partial charge in [0.05, 0.1) is 12.8 Å². The molecule has 0 saturated carbocycles. The molecule has 1 amide bonds. The molecule has 0 fully saturated rings. The van der Waals surface area contributed by atoms with Crippen molar-refractivity contribution in [3.8, 4) is 5.75 Å². The van der Waals surface area contributed by atoms with Crippen LogP contribution < -0.4 is 9.64 Å². The Morgan fingerprint density at radius 2 is 1.64 bits per heavy atom. The number of hydrogen-bond acceptors (Lipinski definition) is 4. The van der Waals surface area contributed by atoms with Crippen molar-refractivity contribution in [3.05, 3.63) is 70.4 Å². The molecule has 0 aromatic heterocycles. The molecule has 0 radical (unpaired) electrons. The number of Topliss-reactive ketones (excluding diaryl/α,β-unsaturated/α-hetero) is 2. The Morgan fingerprint density at radius 3 is 2.24 bits per heavy atom. The van der Waals surface area contributed by atoms with E-state index in [9.17, 15) is 14.4 Å². The Labute approximate surface area is 149 Å². The van der Waals surface area contributed by atoms with E-state index >= 15 is 0 Å². The number of carbonyl (C=O) groups is 3. The third kappa shape index (κ3) is 2.83. The zero-order valence-electron chi connectivity index (χ0n) is 13.6. The third-order valence-electron chi connectivity index (χ3n) is 3.89. The summed E-state index contributed by atoms with van der Waals surface area (Å²) in [6.45, 7) is 1.30. The van der Waals surface area contributed by atoms with Crippen molar-refractivity contribution in [2.45, 2.75) is 6.92 Å². The number of ether oxygens (including phenoxy) is 1. The van der Waals surface area contributed by atoms with Crippen LogP contribution in [0.25, 0.3) is 0 Å². The van der Waals surface area contributed by atoms with Crippen molar-refractivity contribution in [1.29, 1.82) is 0 Å². The molecule has 1 aliphatic carbocycles. The summed E-state index contributed by atoms with van der Waals surface area (Å²) in [4.78, 5) is 38.9. The lowest BCUT2D eigenvalue weighted by Crippen LogP contribution is -2.36. The third-order valence-corrected chi connectivity index (χ3v) is 4.24. The van der Waals surface area contributed by atoms with Crippen molar-refractivity contribution in [2.75, 3.05) is 12.0 Å². The average molecular weight is 356 g/mol. The molecule has 2 aromatic carbocycles. The molecule has 0 aliphatic heterocycles. The van der Waals surface area contributed by atoms with Crippen molar-refractivity contribution in [1.82, 2.24) is 0 Å². The first-order valence-electron chi connectivity index (χ1n) is 7.48. The second kappa shape index (κ2) is 6.53. The number of ketones is 2. The first kappa shape index (κ1) is 16.9. The van der Waals surface area contributed by atoms with Crippen LogP contribution in [0.2, 0.25) is 0 Å². The Morgan fingerprint density at radius 1 is 1.00 bits per heavy atom. The predicted octanol–water partition coefficient (Wildman–Crippen LogP) is 3.58. The minimum atomic E-state index is -0.485. The molecule has 126 valence electrons. The fraction of sp³-hybridized carbons (Fsp3) is 0.105. The number of anilines is 1. The topological polar surface area (TPSA) is 63.7 Å². The fourth-order valence-electron chi connectivity index (χ4n) is 2.75. The van der Waals surface area contributed by atoms with Gasteiger partial charge in [-0.3, -0.25) is 19.3 Å². The van der Waals surface area contributed by atoms with Gasteiger partial charge in [-0.15, -0.1) is 0 Å². The highest BCUT2D eigenvalue weighted by atomic mass is 35.5. The first-order valence-corrected chi connectivity index (χ1v) is 7.86.